The van der Waals surface area contributed by atoms with Crippen LogP contribution in [-0.4, -0.2) is 36.2 Å². The van der Waals surface area contributed by atoms with Gasteiger partial charge in [0, 0.05) is 19.1 Å². The molecular formula is C15H20FNO3. The average Bonchev–Trinajstić information content (AvgIpc) is 2.80. The molecule has 0 aliphatic carbocycles. The van der Waals surface area contributed by atoms with Crippen molar-refractivity contribution >= 4 is 5.97 Å². The van der Waals surface area contributed by atoms with Crippen LogP contribution in [-0.2, 0) is 4.79 Å². The summed E-state index contributed by atoms with van der Waals surface area (Å²) in [5.41, 5.74) is 0.835. The van der Waals surface area contributed by atoms with Crippen molar-refractivity contribution < 1.29 is 19.0 Å². The third-order valence-electron chi connectivity index (χ3n) is 4.16. The van der Waals surface area contributed by atoms with Crippen molar-refractivity contribution in [3.63, 3.8) is 0 Å². The first-order valence-electron chi connectivity index (χ1n) is 6.74. The van der Waals surface area contributed by atoms with Gasteiger partial charge in [-0.3, -0.25) is 9.69 Å². The molecule has 0 spiro atoms. The van der Waals surface area contributed by atoms with Crippen LogP contribution >= 0.6 is 0 Å². The summed E-state index contributed by atoms with van der Waals surface area (Å²) in [4.78, 5) is 13.2. The number of carboxylic acids is 1. The van der Waals surface area contributed by atoms with Crippen molar-refractivity contribution in [3.8, 4) is 5.75 Å². The molecule has 0 bridgehead atoms. The molecule has 0 saturated carbocycles. The SMILES string of the molecule is COc1ccc(C(C)N2C[C@@H](C)[C@H](C(=O)O)C2)cc1F. The molecule has 0 aromatic heterocycles. The molecule has 1 N–H and O–H groups in total. The lowest BCUT2D eigenvalue weighted by molar-refractivity contribution is -0.142. The molecule has 20 heavy (non-hydrogen) atoms. The second-order valence-electron chi connectivity index (χ2n) is 5.45. The van der Waals surface area contributed by atoms with Gasteiger partial charge in [-0.25, -0.2) is 4.39 Å². The Morgan fingerprint density at radius 1 is 1.50 bits per heavy atom. The third-order valence-corrected chi connectivity index (χ3v) is 4.16. The third kappa shape index (κ3) is 2.77. The van der Waals surface area contributed by atoms with Crippen molar-refractivity contribution in [2.45, 2.75) is 19.9 Å². The van der Waals surface area contributed by atoms with Gasteiger partial charge in [0.05, 0.1) is 13.0 Å². The number of nitrogens with zero attached hydrogens (tertiary/aromatic N) is 1. The van der Waals surface area contributed by atoms with Crippen LogP contribution in [0.3, 0.4) is 0 Å². The Kier molecular flexibility index (Phi) is 4.28. The van der Waals surface area contributed by atoms with E-state index in [1.807, 2.05) is 19.9 Å². The fourth-order valence-electron chi connectivity index (χ4n) is 2.80. The van der Waals surface area contributed by atoms with Gasteiger partial charge in [0.25, 0.3) is 0 Å². The van der Waals surface area contributed by atoms with E-state index in [2.05, 4.69) is 4.90 Å². The van der Waals surface area contributed by atoms with Gasteiger partial charge in [-0.15, -0.1) is 0 Å². The van der Waals surface area contributed by atoms with Gasteiger partial charge >= 0.3 is 5.97 Å². The van der Waals surface area contributed by atoms with E-state index in [9.17, 15) is 9.18 Å². The van der Waals surface area contributed by atoms with Crippen LogP contribution < -0.4 is 4.74 Å². The highest BCUT2D eigenvalue weighted by atomic mass is 19.1. The van der Waals surface area contributed by atoms with E-state index in [1.165, 1.54) is 13.2 Å². The largest absolute Gasteiger partial charge is 0.494 e. The highest BCUT2D eigenvalue weighted by Gasteiger charge is 2.36. The number of ether oxygens (including phenoxy) is 1. The molecule has 4 nitrogen and oxygen atoms in total. The fourth-order valence-corrected chi connectivity index (χ4v) is 2.80. The van der Waals surface area contributed by atoms with Crippen LogP contribution in [0.15, 0.2) is 18.2 Å². The molecule has 1 fully saturated rings. The summed E-state index contributed by atoms with van der Waals surface area (Å²) >= 11 is 0. The number of rotatable bonds is 4. The van der Waals surface area contributed by atoms with Crippen molar-refractivity contribution in [1.29, 1.82) is 0 Å². The van der Waals surface area contributed by atoms with E-state index >= 15 is 0 Å². The maximum Gasteiger partial charge on any atom is 0.308 e. The monoisotopic (exact) mass is 281 g/mol. The standard InChI is InChI=1S/C15H20FNO3/c1-9-7-17(8-12(9)15(18)19)10(2)11-4-5-14(20-3)13(16)6-11/h4-6,9-10,12H,7-8H2,1-3H3,(H,18,19)/t9-,10?,12-/m1/s1. The van der Waals surface area contributed by atoms with E-state index in [0.717, 1.165) is 5.56 Å². The summed E-state index contributed by atoms with van der Waals surface area (Å²) in [6.07, 6.45) is 0. The van der Waals surface area contributed by atoms with Crippen LogP contribution in [0, 0.1) is 17.7 Å². The highest BCUT2D eigenvalue weighted by Crippen LogP contribution is 2.32. The Hall–Kier alpha value is -1.62. The topological polar surface area (TPSA) is 49.8 Å². The lowest BCUT2D eigenvalue weighted by Crippen LogP contribution is -2.26. The first-order chi connectivity index (χ1) is 9.43. The van der Waals surface area contributed by atoms with Gasteiger partial charge in [-0.2, -0.15) is 0 Å². The zero-order valence-corrected chi connectivity index (χ0v) is 12.0. The summed E-state index contributed by atoms with van der Waals surface area (Å²) < 4.78 is 18.6. The van der Waals surface area contributed by atoms with Gasteiger partial charge in [0.1, 0.15) is 0 Å². The molecule has 1 heterocycles. The minimum absolute atomic E-state index is 0.0118. The van der Waals surface area contributed by atoms with Crippen molar-refractivity contribution in [3.05, 3.63) is 29.6 Å². The molecule has 1 saturated heterocycles. The van der Waals surface area contributed by atoms with Gasteiger partial charge in [-0.1, -0.05) is 13.0 Å². The summed E-state index contributed by atoms with van der Waals surface area (Å²) in [6.45, 7) is 5.13. The molecule has 1 aliphatic rings. The summed E-state index contributed by atoms with van der Waals surface area (Å²) in [7, 11) is 1.43. The molecule has 2 rings (SSSR count). The first kappa shape index (κ1) is 14.8. The number of likely N-dealkylation sites (tertiary alicyclic amines) is 1. The first-order valence-corrected chi connectivity index (χ1v) is 6.74. The number of hydrogen-bond donors (Lipinski definition) is 1. The van der Waals surface area contributed by atoms with Crippen LogP contribution in [0.5, 0.6) is 5.75 Å². The van der Waals surface area contributed by atoms with Gasteiger partial charge < -0.3 is 9.84 Å². The molecule has 1 aliphatic heterocycles. The minimum Gasteiger partial charge on any atom is -0.494 e. The zero-order valence-electron chi connectivity index (χ0n) is 12.0. The van der Waals surface area contributed by atoms with Crippen LogP contribution in [0.1, 0.15) is 25.5 Å². The van der Waals surface area contributed by atoms with Gasteiger partial charge in [0.15, 0.2) is 11.6 Å². The maximum atomic E-state index is 13.7. The maximum absolute atomic E-state index is 13.7. The van der Waals surface area contributed by atoms with Crippen LogP contribution in [0.25, 0.3) is 0 Å². The Labute approximate surface area is 118 Å². The van der Waals surface area contributed by atoms with E-state index < -0.39 is 5.97 Å². The Balaban J connectivity index is 2.14. The Morgan fingerprint density at radius 2 is 2.20 bits per heavy atom. The molecule has 1 aromatic carbocycles. The zero-order chi connectivity index (χ0) is 14.9. The Bertz CT molecular complexity index is 506. The van der Waals surface area contributed by atoms with Crippen molar-refractivity contribution in [2.24, 2.45) is 11.8 Å². The second kappa shape index (κ2) is 5.79. The molecule has 3 atom stereocenters. The smallest absolute Gasteiger partial charge is 0.308 e. The van der Waals surface area contributed by atoms with Crippen LogP contribution in [0.2, 0.25) is 0 Å². The van der Waals surface area contributed by atoms with E-state index in [0.29, 0.717) is 13.1 Å². The van der Waals surface area contributed by atoms with Gasteiger partial charge in [0.2, 0.25) is 0 Å². The van der Waals surface area contributed by atoms with Gasteiger partial charge in [-0.05, 0) is 30.5 Å². The minimum atomic E-state index is -0.756. The number of methoxy groups -OCH3 is 1. The van der Waals surface area contributed by atoms with Crippen molar-refractivity contribution in [2.75, 3.05) is 20.2 Å². The predicted octanol–water partition coefficient (Wildman–Crippen LogP) is 2.55. The lowest BCUT2D eigenvalue weighted by atomic mass is 9.99. The predicted molar refractivity (Wildman–Crippen MR) is 73.2 cm³/mol. The molecule has 1 unspecified atom stereocenters. The normalized spacial score (nSPS) is 24.6. The van der Waals surface area contributed by atoms with E-state index in [4.69, 9.17) is 9.84 Å². The number of carbonyl (C=O) groups is 1. The Morgan fingerprint density at radius 3 is 2.70 bits per heavy atom. The number of carboxylic acid groups (broad SMARTS) is 1. The summed E-state index contributed by atoms with van der Waals surface area (Å²) in [6, 6.07) is 4.88. The number of benzene rings is 1. The molecule has 0 amide bonds. The quantitative estimate of drug-likeness (QED) is 0.921. The second-order valence-corrected chi connectivity index (χ2v) is 5.45. The molecule has 110 valence electrons. The van der Waals surface area contributed by atoms with Crippen molar-refractivity contribution in [1.82, 2.24) is 4.90 Å². The van der Waals surface area contributed by atoms with Crippen LogP contribution in [0.4, 0.5) is 4.39 Å². The number of aliphatic carboxylic acids is 1. The molecule has 0 radical (unpaired) electrons. The highest BCUT2D eigenvalue weighted by molar-refractivity contribution is 5.71. The summed E-state index contributed by atoms with van der Waals surface area (Å²) in [5, 5.41) is 9.16. The van der Waals surface area contributed by atoms with E-state index in [-0.39, 0.29) is 29.4 Å². The summed E-state index contributed by atoms with van der Waals surface area (Å²) in [5.74, 6) is -1.16. The van der Waals surface area contributed by atoms with E-state index in [1.54, 1.807) is 6.07 Å². The molecule has 5 heteroatoms. The molecule has 1 aromatic rings. The molecular weight excluding hydrogens is 261 g/mol. The fraction of sp³-hybridized carbons (Fsp3) is 0.533. The number of hydrogen-bond acceptors (Lipinski definition) is 3. The average molecular weight is 281 g/mol. The lowest BCUT2D eigenvalue weighted by Gasteiger charge is -2.24. The number of halogens is 1.